The highest BCUT2D eigenvalue weighted by atomic mass is 35.5. The second-order valence-corrected chi connectivity index (χ2v) is 11.7. The Bertz CT molecular complexity index is 1560. The van der Waals surface area contributed by atoms with Gasteiger partial charge >= 0.3 is 5.97 Å². The molecule has 1 heterocycles. The van der Waals surface area contributed by atoms with E-state index in [1.807, 2.05) is 0 Å². The SMILES string of the molecule is CC(=O)N[C@H]1CCCC[C@@H]1N1C(=O)c2ccccc2[C@@H](C(=O)NOCc2cccc(C(=O)O)c2)[C@@H]1c1ccc(Cl)cc1Cl. The molecule has 43 heavy (non-hydrogen) atoms. The Morgan fingerprint density at radius 2 is 1.74 bits per heavy atom. The summed E-state index contributed by atoms with van der Waals surface area (Å²) in [7, 11) is 0. The number of hydrogen-bond donors (Lipinski definition) is 3. The van der Waals surface area contributed by atoms with E-state index in [-0.39, 0.29) is 30.0 Å². The molecular formula is C32H31Cl2N3O6. The fourth-order valence-corrected chi connectivity index (χ4v) is 6.71. The van der Waals surface area contributed by atoms with Crippen molar-refractivity contribution in [3.8, 4) is 0 Å². The zero-order valence-electron chi connectivity index (χ0n) is 23.4. The lowest BCUT2D eigenvalue weighted by Gasteiger charge is -2.49. The van der Waals surface area contributed by atoms with Crippen LogP contribution in [-0.4, -0.2) is 45.8 Å². The van der Waals surface area contributed by atoms with Crippen molar-refractivity contribution in [2.24, 2.45) is 0 Å². The molecule has 4 atom stereocenters. The minimum Gasteiger partial charge on any atom is -0.478 e. The van der Waals surface area contributed by atoms with Crippen molar-refractivity contribution in [3.05, 3.63) is 105 Å². The summed E-state index contributed by atoms with van der Waals surface area (Å²) in [5.74, 6) is -2.97. The van der Waals surface area contributed by atoms with Crippen LogP contribution in [0.15, 0.2) is 66.7 Å². The van der Waals surface area contributed by atoms with Gasteiger partial charge in [0.1, 0.15) is 0 Å². The molecule has 2 aliphatic rings. The van der Waals surface area contributed by atoms with E-state index in [1.165, 1.54) is 19.1 Å². The lowest BCUT2D eigenvalue weighted by molar-refractivity contribution is -0.138. The lowest BCUT2D eigenvalue weighted by Crippen LogP contribution is -2.59. The number of carboxylic acid groups (broad SMARTS) is 1. The third kappa shape index (κ3) is 6.54. The summed E-state index contributed by atoms with van der Waals surface area (Å²) < 4.78 is 0. The van der Waals surface area contributed by atoms with Crippen LogP contribution in [0.4, 0.5) is 0 Å². The number of rotatable bonds is 8. The fourth-order valence-electron chi connectivity index (χ4n) is 6.19. The van der Waals surface area contributed by atoms with Crippen molar-refractivity contribution in [3.63, 3.8) is 0 Å². The molecule has 3 aromatic carbocycles. The number of carbonyl (C=O) groups excluding carboxylic acids is 3. The van der Waals surface area contributed by atoms with Crippen LogP contribution < -0.4 is 10.8 Å². The first kappa shape index (κ1) is 30.5. The number of halogens is 2. The van der Waals surface area contributed by atoms with Crippen molar-refractivity contribution < 1.29 is 29.1 Å². The van der Waals surface area contributed by atoms with Crippen LogP contribution >= 0.6 is 23.2 Å². The van der Waals surface area contributed by atoms with E-state index in [2.05, 4.69) is 10.8 Å². The molecule has 11 heteroatoms. The van der Waals surface area contributed by atoms with Gasteiger partial charge in [-0.05, 0) is 59.9 Å². The first-order valence-corrected chi connectivity index (χ1v) is 14.8. The maximum Gasteiger partial charge on any atom is 0.335 e. The van der Waals surface area contributed by atoms with Crippen molar-refractivity contribution in [1.82, 2.24) is 15.7 Å². The van der Waals surface area contributed by atoms with Crippen LogP contribution in [0.1, 0.15) is 82.0 Å². The van der Waals surface area contributed by atoms with Gasteiger partial charge in [0.15, 0.2) is 0 Å². The predicted molar refractivity (Wildman–Crippen MR) is 161 cm³/mol. The van der Waals surface area contributed by atoms with Crippen molar-refractivity contribution >= 4 is 46.9 Å². The van der Waals surface area contributed by atoms with Crippen molar-refractivity contribution in [1.29, 1.82) is 0 Å². The Morgan fingerprint density at radius 3 is 2.49 bits per heavy atom. The summed E-state index contributed by atoms with van der Waals surface area (Å²) in [6.07, 6.45) is 3.06. The van der Waals surface area contributed by atoms with E-state index in [4.69, 9.17) is 28.0 Å². The summed E-state index contributed by atoms with van der Waals surface area (Å²) in [4.78, 5) is 59.2. The van der Waals surface area contributed by atoms with Crippen molar-refractivity contribution in [2.45, 2.75) is 63.3 Å². The molecule has 5 rings (SSSR count). The van der Waals surface area contributed by atoms with E-state index in [0.717, 1.165) is 12.8 Å². The summed E-state index contributed by atoms with van der Waals surface area (Å²) in [6, 6.07) is 16.6. The molecule has 0 saturated heterocycles. The van der Waals surface area contributed by atoms with Gasteiger partial charge in [0.2, 0.25) is 5.91 Å². The second-order valence-electron chi connectivity index (χ2n) is 10.8. The second kappa shape index (κ2) is 13.2. The first-order valence-electron chi connectivity index (χ1n) is 14.0. The average Bonchev–Trinajstić information content (AvgIpc) is 2.97. The Balaban J connectivity index is 1.55. The Morgan fingerprint density at radius 1 is 0.977 bits per heavy atom. The highest BCUT2D eigenvalue weighted by Gasteiger charge is 2.49. The molecule has 1 aliphatic heterocycles. The summed E-state index contributed by atoms with van der Waals surface area (Å²) in [5, 5.41) is 13.0. The maximum atomic E-state index is 14.3. The molecule has 0 unspecified atom stereocenters. The quantitative estimate of drug-likeness (QED) is 0.278. The monoisotopic (exact) mass is 623 g/mol. The minimum atomic E-state index is -1.07. The largest absolute Gasteiger partial charge is 0.478 e. The number of nitrogens with zero attached hydrogens (tertiary/aromatic N) is 1. The van der Waals surface area contributed by atoms with Gasteiger partial charge in [-0.25, -0.2) is 10.3 Å². The van der Waals surface area contributed by atoms with Gasteiger partial charge in [0.25, 0.3) is 11.8 Å². The molecular weight excluding hydrogens is 593 g/mol. The highest BCUT2D eigenvalue weighted by molar-refractivity contribution is 6.35. The number of nitrogens with one attached hydrogen (secondary N) is 2. The molecule has 1 fully saturated rings. The van der Waals surface area contributed by atoms with Crippen LogP contribution in [0.2, 0.25) is 10.0 Å². The summed E-state index contributed by atoms with van der Waals surface area (Å²) in [5.41, 5.74) is 4.62. The lowest BCUT2D eigenvalue weighted by atomic mass is 9.76. The van der Waals surface area contributed by atoms with E-state index in [9.17, 15) is 24.3 Å². The van der Waals surface area contributed by atoms with Gasteiger partial charge in [0, 0.05) is 28.6 Å². The standard InChI is InChI=1S/C32H31Cl2N3O6/c1-18(38)35-26-11-4-5-12-27(26)37-29(24-14-13-21(33)16-25(24)34)28(22-9-2-3-10-23(22)31(37)40)30(39)36-43-17-19-7-6-8-20(15-19)32(41)42/h2-3,6-10,13-16,26-29H,4-5,11-12,17H2,1H3,(H,35,38)(H,36,39)(H,41,42)/t26-,27-,28+,29-/m0/s1. The Hall–Kier alpha value is -3.92. The number of benzene rings is 3. The average molecular weight is 625 g/mol. The van der Waals surface area contributed by atoms with Crippen LogP contribution in [-0.2, 0) is 21.0 Å². The number of hydrogen-bond acceptors (Lipinski definition) is 5. The Kier molecular flexibility index (Phi) is 9.34. The number of carbonyl (C=O) groups is 4. The first-order chi connectivity index (χ1) is 20.7. The molecule has 224 valence electrons. The number of amides is 3. The van der Waals surface area contributed by atoms with E-state index < -0.39 is 29.9 Å². The molecule has 3 aromatic rings. The third-order valence-electron chi connectivity index (χ3n) is 8.00. The zero-order valence-corrected chi connectivity index (χ0v) is 24.9. The molecule has 3 amide bonds. The maximum absolute atomic E-state index is 14.3. The smallest absolute Gasteiger partial charge is 0.335 e. The van der Waals surface area contributed by atoms with Crippen LogP contribution in [0.5, 0.6) is 0 Å². The topological polar surface area (TPSA) is 125 Å². The van der Waals surface area contributed by atoms with Gasteiger partial charge in [-0.3, -0.25) is 19.2 Å². The van der Waals surface area contributed by atoms with Gasteiger partial charge in [-0.2, -0.15) is 0 Å². The number of carboxylic acids is 1. The third-order valence-corrected chi connectivity index (χ3v) is 8.56. The molecule has 1 saturated carbocycles. The number of aromatic carboxylic acids is 1. The van der Waals surface area contributed by atoms with Gasteiger partial charge in [-0.15, -0.1) is 0 Å². The summed E-state index contributed by atoms with van der Waals surface area (Å²) >= 11 is 13.0. The number of hydroxylamine groups is 1. The molecule has 0 radical (unpaired) electrons. The van der Waals surface area contributed by atoms with Gasteiger partial charge < -0.3 is 15.3 Å². The fraction of sp³-hybridized carbons (Fsp3) is 0.312. The molecule has 0 aromatic heterocycles. The highest BCUT2D eigenvalue weighted by Crippen LogP contribution is 2.47. The predicted octanol–water partition coefficient (Wildman–Crippen LogP) is 5.67. The molecule has 0 bridgehead atoms. The van der Waals surface area contributed by atoms with Crippen LogP contribution in [0, 0.1) is 0 Å². The summed E-state index contributed by atoms with van der Waals surface area (Å²) in [6.45, 7) is 1.37. The van der Waals surface area contributed by atoms with E-state index in [0.29, 0.717) is 45.1 Å². The molecule has 3 N–H and O–H groups in total. The van der Waals surface area contributed by atoms with Crippen LogP contribution in [0.3, 0.4) is 0 Å². The van der Waals surface area contributed by atoms with Gasteiger partial charge in [0.05, 0.1) is 30.2 Å². The van der Waals surface area contributed by atoms with E-state index in [1.54, 1.807) is 59.5 Å². The molecule has 0 spiro atoms. The number of fused-ring (bicyclic) bond motifs is 1. The Labute approximate surface area is 259 Å². The van der Waals surface area contributed by atoms with E-state index >= 15 is 0 Å². The zero-order chi connectivity index (χ0) is 30.7. The van der Waals surface area contributed by atoms with Gasteiger partial charge in [-0.1, -0.05) is 72.4 Å². The minimum absolute atomic E-state index is 0.0799. The normalized spacial score (nSPS) is 21.6. The van der Waals surface area contributed by atoms with Crippen molar-refractivity contribution in [2.75, 3.05) is 0 Å². The molecule has 1 aliphatic carbocycles. The molecule has 9 nitrogen and oxygen atoms in total. The van der Waals surface area contributed by atoms with Crippen LogP contribution in [0.25, 0.3) is 0 Å².